The number of fused-ring (bicyclic) bond motifs is 1. The number of methoxy groups -OCH3 is 1. The lowest BCUT2D eigenvalue weighted by Gasteiger charge is -2.34. The zero-order valence-electron chi connectivity index (χ0n) is 26.0. The van der Waals surface area contributed by atoms with Crippen LogP contribution in [0, 0.1) is 0 Å². The molecule has 9 N–H and O–H groups in total. The summed E-state index contributed by atoms with van der Waals surface area (Å²) in [6, 6.07) is 18.7. The van der Waals surface area contributed by atoms with Crippen molar-refractivity contribution in [2.75, 3.05) is 7.11 Å². The SMILES string of the molecule is COc1ccc(C(=O)c2ccccc2O)c(O)c1.O=C(OC1Cc2c(O)cc(O)cc2OC1c1ccc(O)c(O)c1)c1cc(O)c(O)c(O)c1. The van der Waals surface area contributed by atoms with Crippen molar-refractivity contribution in [3.63, 3.8) is 0 Å². The van der Waals surface area contributed by atoms with Gasteiger partial charge >= 0.3 is 5.97 Å². The maximum absolute atomic E-state index is 12.7. The number of carbonyl (C=O) groups is 2. The highest BCUT2D eigenvalue weighted by molar-refractivity contribution is 6.12. The quantitative estimate of drug-likeness (QED) is 0.0658. The Labute approximate surface area is 283 Å². The standard InChI is InChI=1S/C22H18O10.C14H12O4/c23-11-6-14(25)12-8-19(32-22(30)10-4-16(27)20(29)17(28)5-10)21(31-18(12)7-11)9-1-2-13(24)15(26)3-9;1-18-9-6-7-11(13(16)8-9)14(17)10-4-2-3-5-12(10)15/h1-7,19,21,23-29H,8H2;2-8,15-16H,1H3. The minimum Gasteiger partial charge on any atom is -0.508 e. The molecule has 0 aromatic heterocycles. The number of phenolic OH excluding ortho intramolecular Hbond substituents is 9. The Kier molecular flexibility index (Phi) is 9.65. The second kappa shape index (κ2) is 14.0. The van der Waals surface area contributed by atoms with Crippen LogP contribution in [0.3, 0.4) is 0 Å². The van der Waals surface area contributed by atoms with Crippen LogP contribution in [-0.2, 0) is 11.2 Å². The number of benzene rings is 5. The molecule has 6 rings (SSSR count). The third-order valence-electron chi connectivity index (χ3n) is 7.66. The van der Waals surface area contributed by atoms with Crippen molar-refractivity contribution in [2.24, 2.45) is 0 Å². The van der Waals surface area contributed by atoms with Gasteiger partial charge in [-0.05, 0) is 48.5 Å². The summed E-state index contributed by atoms with van der Waals surface area (Å²) in [7, 11) is 1.47. The second-order valence-electron chi connectivity index (χ2n) is 11.0. The molecule has 0 aliphatic carbocycles. The van der Waals surface area contributed by atoms with Gasteiger partial charge in [0.15, 0.2) is 40.6 Å². The van der Waals surface area contributed by atoms with Gasteiger partial charge in [-0.2, -0.15) is 0 Å². The Hall–Kier alpha value is -6.96. The van der Waals surface area contributed by atoms with Gasteiger partial charge in [-0.15, -0.1) is 0 Å². The molecule has 50 heavy (non-hydrogen) atoms. The van der Waals surface area contributed by atoms with Gasteiger partial charge in [0.25, 0.3) is 0 Å². The molecule has 0 fully saturated rings. The first-order valence-corrected chi connectivity index (χ1v) is 14.7. The van der Waals surface area contributed by atoms with E-state index in [-0.39, 0.29) is 63.2 Å². The highest BCUT2D eigenvalue weighted by Crippen LogP contribution is 2.44. The molecule has 1 aliphatic rings. The summed E-state index contributed by atoms with van der Waals surface area (Å²) >= 11 is 0. The first-order chi connectivity index (χ1) is 23.8. The average Bonchev–Trinajstić information content (AvgIpc) is 3.08. The molecule has 14 heteroatoms. The lowest BCUT2D eigenvalue weighted by atomic mass is 9.93. The summed E-state index contributed by atoms with van der Waals surface area (Å²) in [5.74, 6) is -4.70. The summed E-state index contributed by atoms with van der Waals surface area (Å²) in [4.78, 5) is 24.8. The molecular weight excluding hydrogens is 656 g/mol. The Balaban J connectivity index is 0.000000228. The molecule has 0 amide bonds. The van der Waals surface area contributed by atoms with Gasteiger partial charge in [-0.3, -0.25) is 4.79 Å². The predicted octanol–water partition coefficient (Wildman–Crippen LogP) is 4.87. The van der Waals surface area contributed by atoms with Crippen LogP contribution in [0.4, 0.5) is 0 Å². The fourth-order valence-electron chi connectivity index (χ4n) is 5.12. The molecule has 1 aliphatic heterocycles. The average molecular weight is 687 g/mol. The van der Waals surface area contributed by atoms with E-state index in [2.05, 4.69) is 0 Å². The van der Waals surface area contributed by atoms with Crippen LogP contribution in [-0.4, -0.2) is 70.9 Å². The number of hydrogen-bond donors (Lipinski definition) is 9. The van der Waals surface area contributed by atoms with E-state index in [1.807, 2.05) is 0 Å². The summed E-state index contributed by atoms with van der Waals surface area (Å²) in [5, 5.41) is 87.6. The first kappa shape index (κ1) is 34.4. The van der Waals surface area contributed by atoms with Gasteiger partial charge in [0.2, 0.25) is 0 Å². The zero-order chi connectivity index (χ0) is 36.3. The Morgan fingerprint density at radius 3 is 1.98 bits per heavy atom. The highest BCUT2D eigenvalue weighted by Gasteiger charge is 2.37. The highest BCUT2D eigenvalue weighted by atomic mass is 16.6. The fourth-order valence-corrected chi connectivity index (χ4v) is 5.12. The van der Waals surface area contributed by atoms with Gasteiger partial charge in [0, 0.05) is 35.7 Å². The molecule has 2 unspecified atom stereocenters. The number of rotatable bonds is 6. The number of esters is 1. The summed E-state index contributed by atoms with van der Waals surface area (Å²) in [6.45, 7) is 0. The van der Waals surface area contributed by atoms with Gasteiger partial charge < -0.3 is 60.2 Å². The molecule has 0 saturated carbocycles. The van der Waals surface area contributed by atoms with E-state index in [9.17, 15) is 55.5 Å². The molecule has 5 aromatic carbocycles. The largest absolute Gasteiger partial charge is 0.508 e. The third kappa shape index (κ3) is 7.13. The number of phenols is 9. The van der Waals surface area contributed by atoms with Crippen molar-refractivity contribution in [1.29, 1.82) is 0 Å². The number of ether oxygens (including phenoxy) is 3. The molecule has 1 heterocycles. The first-order valence-electron chi connectivity index (χ1n) is 14.7. The summed E-state index contributed by atoms with van der Waals surface area (Å²) < 4.78 is 16.3. The number of aromatic hydroxyl groups is 9. The fraction of sp³-hybridized carbons (Fsp3) is 0.111. The predicted molar refractivity (Wildman–Crippen MR) is 173 cm³/mol. The lowest BCUT2D eigenvalue weighted by Crippen LogP contribution is -2.34. The van der Waals surface area contributed by atoms with E-state index in [0.717, 1.165) is 18.2 Å². The Bertz CT molecular complexity index is 2070. The number of para-hydroxylation sites is 1. The third-order valence-corrected chi connectivity index (χ3v) is 7.66. The number of carbonyl (C=O) groups excluding carboxylic acids is 2. The normalized spacial score (nSPS) is 14.7. The molecule has 2 atom stereocenters. The van der Waals surface area contributed by atoms with Gasteiger partial charge in [-0.25, -0.2) is 4.79 Å². The minimum atomic E-state index is -1.06. The van der Waals surface area contributed by atoms with Crippen molar-refractivity contribution in [2.45, 2.75) is 18.6 Å². The molecule has 0 saturated heterocycles. The second-order valence-corrected chi connectivity index (χ2v) is 11.0. The van der Waals surface area contributed by atoms with Crippen LogP contribution in [0.2, 0.25) is 0 Å². The number of ketones is 1. The van der Waals surface area contributed by atoms with Crippen LogP contribution in [0.1, 0.15) is 43.5 Å². The number of hydrogen-bond acceptors (Lipinski definition) is 14. The van der Waals surface area contributed by atoms with E-state index in [1.165, 1.54) is 55.6 Å². The van der Waals surface area contributed by atoms with Crippen LogP contribution >= 0.6 is 0 Å². The van der Waals surface area contributed by atoms with Crippen molar-refractivity contribution in [3.05, 3.63) is 113 Å². The maximum atomic E-state index is 12.7. The monoisotopic (exact) mass is 686 g/mol. The van der Waals surface area contributed by atoms with E-state index in [0.29, 0.717) is 11.3 Å². The van der Waals surface area contributed by atoms with E-state index in [1.54, 1.807) is 18.2 Å². The van der Waals surface area contributed by atoms with Crippen LogP contribution in [0.25, 0.3) is 0 Å². The molecule has 0 spiro atoms. The van der Waals surface area contributed by atoms with E-state index < -0.39 is 47.0 Å². The molecule has 0 radical (unpaired) electrons. The topological polar surface area (TPSA) is 244 Å². The van der Waals surface area contributed by atoms with Crippen molar-refractivity contribution < 1.29 is 69.8 Å². The summed E-state index contributed by atoms with van der Waals surface area (Å²) in [6.07, 6.45) is -2.12. The van der Waals surface area contributed by atoms with Gasteiger partial charge in [0.1, 0.15) is 40.6 Å². The lowest BCUT2D eigenvalue weighted by molar-refractivity contribution is -0.0189. The zero-order valence-corrected chi connectivity index (χ0v) is 26.0. The van der Waals surface area contributed by atoms with Crippen molar-refractivity contribution in [1.82, 2.24) is 0 Å². The van der Waals surface area contributed by atoms with Gasteiger partial charge in [-0.1, -0.05) is 18.2 Å². The minimum absolute atomic E-state index is 0.0461. The smallest absolute Gasteiger partial charge is 0.338 e. The maximum Gasteiger partial charge on any atom is 0.338 e. The molecule has 14 nitrogen and oxygen atoms in total. The van der Waals surface area contributed by atoms with Crippen molar-refractivity contribution in [3.8, 4) is 63.2 Å². The summed E-state index contributed by atoms with van der Waals surface area (Å²) in [5.41, 5.74) is 0.598. The van der Waals surface area contributed by atoms with E-state index in [4.69, 9.17) is 14.2 Å². The van der Waals surface area contributed by atoms with Crippen LogP contribution in [0.15, 0.2) is 84.9 Å². The van der Waals surface area contributed by atoms with Crippen LogP contribution < -0.4 is 9.47 Å². The van der Waals surface area contributed by atoms with Crippen molar-refractivity contribution >= 4 is 11.8 Å². The Morgan fingerprint density at radius 2 is 1.34 bits per heavy atom. The molecule has 258 valence electrons. The molecule has 5 aromatic rings. The molecule has 0 bridgehead atoms. The molecular formula is C36H30O14. The van der Waals surface area contributed by atoms with E-state index >= 15 is 0 Å². The van der Waals surface area contributed by atoms with Crippen LogP contribution in [0.5, 0.6) is 63.2 Å². The Morgan fingerprint density at radius 1 is 0.660 bits per heavy atom. The van der Waals surface area contributed by atoms with Gasteiger partial charge in [0.05, 0.1) is 23.8 Å².